The molecule has 0 unspecified atom stereocenters. The van der Waals surface area contributed by atoms with Crippen LogP contribution in [0.3, 0.4) is 0 Å². The molecular formula is C12H14N4O3S. The summed E-state index contributed by atoms with van der Waals surface area (Å²) in [6, 6.07) is 1.00. The number of hydrogen-bond acceptors (Lipinski definition) is 6. The van der Waals surface area contributed by atoms with E-state index in [0.717, 1.165) is 37.1 Å². The molecule has 0 aliphatic carbocycles. The maximum absolute atomic E-state index is 11.4. The minimum atomic E-state index is -1.17. The zero-order valence-corrected chi connectivity index (χ0v) is 11.6. The fourth-order valence-corrected chi connectivity index (χ4v) is 3.31. The maximum Gasteiger partial charge on any atom is 0.354 e. The van der Waals surface area contributed by atoms with Gasteiger partial charge in [0.05, 0.1) is 0 Å². The van der Waals surface area contributed by atoms with Crippen LogP contribution in [0.2, 0.25) is 0 Å². The van der Waals surface area contributed by atoms with Gasteiger partial charge in [-0.15, -0.1) is 5.10 Å². The molecule has 3 heterocycles. The van der Waals surface area contributed by atoms with Gasteiger partial charge in [-0.05, 0) is 12.8 Å². The van der Waals surface area contributed by atoms with Crippen LogP contribution in [0.4, 0.5) is 5.13 Å². The first-order valence-corrected chi connectivity index (χ1v) is 7.36. The second kappa shape index (κ2) is 5.20. The van der Waals surface area contributed by atoms with Crippen LogP contribution < -0.4 is 10.5 Å². The molecule has 1 aliphatic rings. The van der Waals surface area contributed by atoms with Crippen molar-refractivity contribution in [1.29, 1.82) is 0 Å². The van der Waals surface area contributed by atoms with Crippen LogP contribution in [0.15, 0.2) is 10.9 Å². The molecule has 0 atom stereocenters. The Morgan fingerprint density at radius 3 is 2.60 bits per heavy atom. The van der Waals surface area contributed by atoms with Crippen molar-refractivity contribution in [3.05, 3.63) is 22.1 Å². The van der Waals surface area contributed by atoms with Gasteiger partial charge in [-0.25, -0.2) is 4.79 Å². The third-order valence-electron chi connectivity index (χ3n) is 3.34. The molecule has 0 bridgehead atoms. The maximum atomic E-state index is 11.4. The number of nitrogens with zero attached hydrogens (tertiary/aromatic N) is 4. The summed E-state index contributed by atoms with van der Waals surface area (Å²) >= 11 is 1.26. The van der Waals surface area contributed by atoms with E-state index < -0.39 is 11.5 Å². The summed E-state index contributed by atoms with van der Waals surface area (Å²) in [5.41, 5.74) is -0.689. The Kier molecular flexibility index (Phi) is 3.39. The van der Waals surface area contributed by atoms with Crippen molar-refractivity contribution in [2.75, 3.05) is 18.0 Å². The van der Waals surface area contributed by atoms with Gasteiger partial charge in [-0.3, -0.25) is 4.79 Å². The standard InChI is InChI=1S/C12H14N4O3S/c17-9-7-8(10(18)19)16-11(13-9)20-12(14-16)15-5-3-1-2-4-6-15/h7H,1-6H2,(H,18,19). The van der Waals surface area contributed by atoms with E-state index in [4.69, 9.17) is 5.11 Å². The number of fused-ring (bicyclic) bond motifs is 1. The van der Waals surface area contributed by atoms with E-state index in [2.05, 4.69) is 15.0 Å². The average molecular weight is 294 g/mol. The molecule has 0 radical (unpaired) electrons. The third-order valence-corrected chi connectivity index (χ3v) is 4.31. The highest BCUT2D eigenvalue weighted by atomic mass is 32.1. The quantitative estimate of drug-likeness (QED) is 0.896. The molecular weight excluding hydrogens is 280 g/mol. The summed E-state index contributed by atoms with van der Waals surface area (Å²) < 4.78 is 1.24. The molecule has 106 valence electrons. The first-order chi connectivity index (χ1) is 9.65. The van der Waals surface area contributed by atoms with Crippen LogP contribution in [0.5, 0.6) is 0 Å². The van der Waals surface area contributed by atoms with E-state index in [9.17, 15) is 9.59 Å². The van der Waals surface area contributed by atoms with E-state index in [-0.39, 0.29) is 5.69 Å². The van der Waals surface area contributed by atoms with E-state index in [1.54, 1.807) is 0 Å². The second-order valence-corrected chi connectivity index (χ2v) is 5.70. The van der Waals surface area contributed by atoms with Crippen LogP contribution in [-0.4, -0.2) is 38.8 Å². The van der Waals surface area contributed by atoms with Crippen molar-refractivity contribution in [2.45, 2.75) is 25.7 Å². The zero-order chi connectivity index (χ0) is 14.1. The van der Waals surface area contributed by atoms with E-state index in [0.29, 0.717) is 4.96 Å². The van der Waals surface area contributed by atoms with Gasteiger partial charge in [0, 0.05) is 19.2 Å². The van der Waals surface area contributed by atoms with Gasteiger partial charge in [0.2, 0.25) is 10.1 Å². The third kappa shape index (κ3) is 2.38. The summed E-state index contributed by atoms with van der Waals surface area (Å²) in [7, 11) is 0. The first-order valence-electron chi connectivity index (χ1n) is 6.54. The monoisotopic (exact) mass is 294 g/mol. The average Bonchev–Trinajstić information content (AvgIpc) is 2.65. The Morgan fingerprint density at radius 1 is 1.25 bits per heavy atom. The van der Waals surface area contributed by atoms with Crippen molar-refractivity contribution >= 4 is 27.4 Å². The topological polar surface area (TPSA) is 87.8 Å². The van der Waals surface area contributed by atoms with E-state index >= 15 is 0 Å². The van der Waals surface area contributed by atoms with Gasteiger partial charge < -0.3 is 10.0 Å². The van der Waals surface area contributed by atoms with Gasteiger partial charge in [0.1, 0.15) is 0 Å². The number of hydrogen-bond donors (Lipinski definition) is 1. The molecule has 7 nitrogen and oxygen atoms in total. The normalized spacial score (nSPS) is 16.3. The predicted molar refractivity (Wildman–Crippen MR) is 74.8 cm³/mol. The lowest BCUT2D eigenvalue weighted by atomic mass is 10.2. The van der Waals surface area contributed by atoms with Crippen LogP contribution >= 0.6 is 11.3 Å². The Balaban J connectivity index is 2.07. The molecule has 2 aromatic heterocycles. The lowest BCUT2D eigenvalue weighted by Gasteiger charge is -2.17. The molecule has 0 amide bonds. The van der Waals surface area contributed by atoms with Crippen molar-refractivity contribution in [1.82, 2.24) is 14.6 Å². The second-order valence-electron chi connectivity index (χ2n) is 4.77. The molecule has 0 aromatic carbocycles. The van der Waals surface area contributed by atoms with Crippen LogP contribution in [0.1, 0.15) is 36.2 Å². The highest BCUT2D eigenvalue weighted by molar-refractivity contribution is 7.20. The number of carboxylic acid groups (broad SMARTS) is 1. The summed E-state index contributed by atoms with van der Waals surface area (Å²) in [4.78, 5) is 28.9. The fraction of sp³-hybridized carbons (Fsp3) is 0.500. The highest BCUT2D eigenvalue weighted by Crippen LogP contribution is 2.24. The predicted octanol–water partition coefficient (Wildman–Crippen LogP) is 1.23. The van der Waals surface area contributed by atoms with Crippen molar-refractivity contribution in [3.8, 4) is 0 Å². The van der Waals surface area contributed by atoms with Gasteiger partial charge in [0.25, 0.3) is 5.56 Å². The number of rotatable bonds is 2. The van der Waals surface area contributed by atoms with Crippen LogP contribution in [-0.2, 0) is 0 Å². The minimum Gasteiger partial charge on any atom is -0.477 e. The largest absolute Gasteiger partial charge is 0.477 e. The van der Waals surface area contributed by atoms with Gasteiger partial charge >= 0.3 is 5.97 Å². The van der Waals surface area contributed by atoms with Crippen molar-refractivity contribution in [2.24, 2.45) is 0 Å². The Hall–Kier alpha value is -1.96. The number of carboxylic acids is 1. The molecule has 1 aliphatic heterocycles. The van der Waals surface area contributed by atoms with Crippen LogP contribution in [0.25, 0.3) is 4.96 Å². The molecule has 2 aromatic rings. The summed E-state index contributed by atoms with van der Waals surface area (Å²) in [5, 5.41) is 14.2. The number of aromatic carboxylic acids is 1. The molecule has 3 rings (SSSR count). The fourth-order valence-electron chi connectivity index (χ4n) is 2.35. The van der Waals surface area contributed by atoms with Crippen molar-refractivity contribution < 1.29 is 9.90 Å². The minimum absolute atomic E-state index is 0.141. The lowest BCUT2D eigenvalue weighted by molar-refractivity contribution is 0.0687. The lowest BCUT2D eigenvalue weighted by Crippen LogP contribution is -2.24. The SMILES string of the molecule is O=C(O)c1cc(=O)nc2sc(N3CCCCCC3)nn12. The molecule has 1 fully saturated rings. The molecule has 20 heavy (non-hydrogen) atoms. The van der Waals surface area contributed by atoms with E-state index in [1.165, 1.54) is 28.7 Å². The summed E-state index contributed by atoms with van der Waals surface area (Å²) in [5.74, 6) is -1.17. The molecule has 8 heteroatoms. The number of anilines is 1. The molecule has 1 N–H and O–H groups in total. The summed E-state index contributed by atoms with van der Waals surface area (Å²) in [6.45, 7) is 1.82. The Bertz CT molecular complexity index is 700. The van der Waals surface area contributed by atoms with Gasteiger partial charge in [-0.2, -0.15) is 9.50 Å². The molecule has 0 spiro atoms. The van der Waals surface area contributed by atoms with Gasteiger partial charge in [-0.1, -0.05) is 24.2 Å². The summed E-state index contributed by atoms with van der Waals surface area (Å²) in [6.07, 6.45) is 4.62. The number of carbonyl (C=O) groups is 1. The highest BCUT2D eigenvalue weighted by Gasteiger charge is 2.18. The van der Waals surface area contributed by atoms with Crippen molar-refractivity contribution in [3.63, 3.8) is 0 Å². The van der Waals surface area contributed by atoms with E-state index in [1.807, 2.05) is 0 Å². The Labute approximate surface area is 118 Å². The zero-order valence-electron chi connectivity index (χ0n) is 10.8. The smallest absolute Gasteiger partial charge is 0.354 e. The van der Waals surface area contributed by atoms with Crippen LogP contribution in [0, 0.1) is 0 Å². The molecule has 0 saturated carbocycles. The van der Waals surface area contributed by atoms with Gasteiger partial charge in [0.15, 0.2) is 5.69 Å². The molecule has 1 saturated heterocycles. The number of aromatic nitrogens is 3. The first kappa shape index (κ1) is 13.0. The Morgan fingerprint density at radius 2 is 1.95 bits per heavy atom.